The molecule has 54 heavy (non-hydrogen) atoms. The number of benzene rings is 6. The number of hydrogen-bond acceptors (Lipinski definition) is 0. The molecular formula is C48H39F3Zr3. The van der Waals surface area contributed by atoms with E-state index in [1.165, 1.54) is 82.4 Å². The average Bonchev–Trinajstić information content (AvgIpc) is 3.83. The minimum Gasteiger partial charge on any atom is -1.00 e. The van der Waals surface area contributed by atoms with Gasteiger partial charge in [-0.1, -0.05) is 147 Å². The van der Waals surface area contributed by atoms with Crippen LogP contribution in [0.1, 0.15) is 16.7 Å². The van der Waals surface area contributed by atoms with E-state index >= 15 is 0 Å². The molecule has 0 aliphatic carbocycles. The molecule has 9 aromatic carbocycles. The molecule has 0 fully saturated rings. The van der Waals surface area contributed by atoms with Gasteiger partial charge in [0.2, 0.25) is 0 Å². The van der Waals surface area contributed by atoms with Gasteiger partial charge in [0.1, 0.15) is 0 Å². The van der Waals surface area contributed by atoms with E-state index in [4.69, 9.17) is 0 Å². The van der Waals surface area contributed by atoms with Crippen molar-refractivity contribution in [2.75, 3.05) is 0 Å². The van der Waals surface area contributed by atoms with E-state index < -0.39 is 0 Å². The zero-order chi connectivity index (χ0) is 32.9. The molecule has 0 unspecified atom stereocenters. The molecule has 0 nitrogen and oxygen atoms in total. The van der Waals surface area contributed by atoms with E-state index in [1.54, 1.807) is 0 Å². The van der Waals surface area contributed by atoms with Gasteiger partial charge < -0.3 is 14.1 Å². The van der Waals surface area contributed by atoms with Gasteiger partial charge >= 0.3 is 78.6 Å². The number of rotatable bonds is 3. The molecule has 0 amide bonds. The maximum atomic E-state index is 2.26. The Morgan fingerprint density at radius 2 is 0.537 bits per heavy atom. The van der Waals surface area contributed by atoms with Crippen molar-refractivity contribution in [2.45, 2.75) is 20.8 Å². The molecule has 0 atom stereocenters. The molecule has 0 spiro atoms. The van der Waals surface area contributed by atoms with E-state index in [0.29, 0.717) is 0 Å². The largest absolute Gasteiger partial charge is 2.00 e. The molecule has 0 bridgehead atoms. The van der Waals surface area contributed by atoms with E-state index in [2.05, 4.69) is 203 Å². The SMILES string of the molecule is Cc1cc2c(-c3ccccc3)cccc2[cH-]1.Cc1cc2c(-c3ccccc3)cccc2[cH-]1.Cc1cc2c(-c3ccccc3)cccc2[cH-]1.[F-].[F-].[F-].[Zr+2].[Zr+2].[Zr+2]. The third kappa shape index (κ3) is 11.3. The summed E-state index contributed by atoms with van der Waals surface area (Å²) in [4.78, 5) is 0. The van der Waals surface area contributed by atoms with E-state index in [-0.39, 0.29) is 92.7 Å². The fraction of sp³-hybridized carbons (Fsp3) is 0.0625. The summed E-state index contributed by atoms with van der Waals surface area (Å²) in [6.07, 6.45) is 0. The molecular weight excluding hydrogens is 907 g/mol. The fourth-order valence-corrected chi connectivity index (χ4v) is 6.76. The second kappa shape index (κ2) is 22.8. The van der Waals surface area contributed by atoms with E-state index in [9.17, 15) is 0 Å². The van der Waals surface area contributed by atoms with Crippen LogP contribution in [0.15, 0.2) is 182 Å². The Kier molecular flexibility index (Phi) is 20.6. The number of hydrogen-bond donors (Lipinski definition) is 0. The fourth-order valence-electron chi connectivity index (χ4n) is 6.76. The second-order valence-corrected chi connectivity index (χ2v) is 12.6. The van der Waals surface area contributed by atoms with Crippen LogP contribution in [0, 0.1) is 20.8 Å². The molecule has 0 aliphatic heterocycles. The topological polar surface area (TPSA) is 0 Å². The van der Waals surface area contributed by atoms with Gasteiger partial charge in [0.25, 0.3) is 0 Å². The normalized spacial score (nSPS) is 9.61. The van der Waals surface area contributed by atoms with Crippen molar-refractivity contribution < 1.29 is 92.7 Å². The molecule has 0 N–H and O–H groups in total. The van der Waals surface area contributed by atoms with Crippen molar-refractivity contribution in [3.05, 3.63) is 199 Å². The Morgan fingerprint density at radius 1 is 0.296 bits per heavy atom. The minimum absolute atomic E-state index is 0. The summed E-state index contributed by atoms with van der Waals surface area (Å²) in [6, 6.07) is 64.7. The van der Waals surface area contributed by atoms with Gasteiger partial charge in [-0.25, -0.2) is 0 Å². The van der Waals surface area contributed by atoms with Crippen LogP contribution in [0.25, 0.3) is 65.7 Å². The van der Waals surface area contributed by atoms with Crippen LogP contribution in [0.3, 0.4) is 0 Å². The molecule has 9 rings (SSSR count). The van der Waals surface area contributed by atoms with Gasteiger partial charge in [0, 0.05) is 0 Å². The first-order chi connectivity index (χ1) is 23.5. The zero-order valence-corrected chi connectivity index (χ0v) is 37.8. The smallest absolute Gasteiger partial charge is 1.00 e. The summed E-state index contributed by atoms with van der Waals surface area (Å²) in [6.45, 7) is 6.44. The van der Waals surface area contributed by atoms with Crippen molar-refractivity contribution in [2.24, 2.45) is 0 Å². The Labute approximate surface area is 374 Å². The van der Waals surface area contributed by atoms with Crippen LogP contribution in [0.2, 0.25) is 0 Å². The molecule has 0 saturated heterocycles. The summed E-state index contributed by atoms with van der Waals surface area (Å²) < 4.78 is 0. The summed E-state index contributed by atoms with van der Waals surface area (Å²) >= 11 is 0. The summed E-state index contributed by atoms with van der Waals surface area (Å²) in [5.41, 5.74) is 11.8. The van der Waals surface area contributed by atoms with Crippen LogP contribution in [-0.2, 0) is 78.6 Å². The number of halogens is 3. The van der Waals surface area contributed by atoms with Crippen molar-refractivity contribution in [1.82, 2.24) is 0 Å². The third-order valence-corrected chi connectivity index (χ3v) is 8.94. The van der Waals surface area contributed by atoms with Gasteiger partial charge in [0.05, 0.1) is 0 Å². The zero-order valence-electron chi connectivity index (χ0n) is 30.5. The van der Waals surface area contributed by atoms with Crippen molar-refractivity contribution in [3.8, 4) is 33.4 Å². The molecule has 0 heterocycles. The first-order valence-electron chi connectivity index (χ1n) is 16.7. The Bertz CT molecular complexity index is 2150. The molecule has 9 aromatic rings. The average molecular weight is 947 g/mol. The molecule has 0 aliphatic rings. The Balaban J connectivity index is 0.000000384. The summed E-state index contributed by atoms with van der Waals surface area (Å²) in [7, 11) is 0. The minimum atomic E-state index is 0. The van der Waals surface area contributed by atoms with Gasteiger partial charge in [-0.3, -0.25) is 0 Å². The number of fused-ring (bicyclic) bond motifs is 3. The van der Waals surface area contributed by atoms with Crippen LogP contribution < -0.4 is 14.1 Å². The van der Waals surface area contributed by atoms with Crippen LogP contribution >= 0.6 is 0 Å². The van der Waals surface area contributed by atoms with E-state index in [0.717, 1.165) is 0 Å². The van der Waals surface area contributed by atoms with Crippen LogP contribution in [-0.4, -0.2) is 0 Å². The standard InChI is InChI=1S/3C16H13.3FH.3Zr/c3*1-12-10-14-8-5-9-15(16(14)11-12)13-6-3-2-4-7-13;;;;;;/h3*2-11H,1H3;3*1H;;;/q3*-1;;;;3*+2/p-3. The van der Waals surface area contributed by atoms with Gasteiger partial charge in [0.15, 0.2) is 0 Å². The van der Waals surface area contributed by atoms with Gasteiger partial charge in [-0.15, -0.1) is 104 Å². The molecule has 0 radical (unpaired) electrons. The molecule has 264 valence electrons. The predicted molar refractivity (Wildman–Crippen MR) is 209 cm³/mol. The van der Waals surface area contributed by atoms with Gasteiger partial charge in [-0.05, 0) is 16.7 Å². The van der Waals surface area contributed by atoms with Crippen molar-refractivity contribution in [3.63, 3.8) is 0 Å². The van der Waals surface area contributed by atoms with Crippen LogP contribution in [0.4, 0.5) is 0 Å². The maximum absolute atomic E-state index is 2.26. The monoisotopic (exact) mass is 942 g/mol. The van der Waals surface area contributed by atoms with E-state index in [1.807, 2.05) is 0 Å². The quantitative estimate of drug-likeness (QED) is 0.228. The molecule has 0 aromatic heterocycles. The first kappa shape index (κ1) is 48.6. The number of aryl methyl sites for hydroxylation is 3. The third-order valence-electron chi connectivity index (χ3n) is 8.94. The van der Waals surface area contributed by atoms with Crippen molar-refractivity contribution >= 4 is 32.3 Å². The summed E-state index contributed by atoms with van der Waals surface area (Å²) in [5, 5.41) is 8.06. The first-order valence-corrected chi connectivity index (χ1v) is 16.7. The van der Waals surface area contributed by atoms with Crippen LogP contribution in [0.5, 0.6) is 0 Å². The molecule has 0 saturated carbocycles. The Morgan fingerprint density at radius 3 is 0.778 bits per heavy atom. The van der Waals surface area contributed by atoms with Crippen molar-refractivity contribution in [1.29, 1.82) is 0 Å². The maximum Gasteiger partial charge on any atom is 2.00 e. The molecule has 6 heteroatoms. The van der Waals surface area contributed by atoms with Gasteiger partial charge in [-0.2, -0.15) is 18.2 Å². The predicted octanol–water partition coefficient (Wildman–Crippen LogP) is 4.61. The summed E-state index contributed by atoms with van der Waals surface area (Å²) in [5.74, 6) is 0. The Hall–Kier alpha value is -3.41. The second-order valence-electron chi connectivity index (χ2n) is 12.6.